The zero-order valence-corrected chi connectivity index (χ0v) is 13.7. The molecule has 0 aliphatic carbocycles. The van der Waals surface area contributed by atoms with Crippen molar-refractivity contribution in [2.24, 2.45) is 0 Å². The third-order valence-corrected chi connectivity index (χ3v) is 1.55. The number of carbonyl (C=O) groups is 3. The van der Waals surface area contributed by atoms with Gasteiger partial charge in [-0.2, -0.15) is 0 Å². The molecule has 0 bridgehead atoms. The number of rotatable bonds is 4. The molecule has 0 aromatic rings. The predicted octanol–water partition coefficient (Wildman–Crippen LogP) is -0.447. The molecule has 20 heavy (non-hydrogen) atoms. The van der Waals surface area contributed by atoms with E-state index in [0.717, 1.165) is 6.26 Å². The fourth-order valence-electron chi connectivity index (χ4n) is 0.542. The van der Waals surface area contributed by atoms with Crippen molar-refractivity contribution in [1.29, 1.82) is 0 Å². The van der Waals surface area contributed by atoms with Crippen LogP contribution in [0.1, 0.15) is 20.8 Å². The molecule has 0 amide bonds. The molecule has 0 unspecified atom stereocenters. The molecule has 0 fully saturated rings. The van der Waals surface area contributed by atoms with Crippen LogP contribution in [0.15, 0.2) is 36.1 Å². The molecule has 0 aliphatic heterocycles. The Morgan fingerprint density at radius 2 is 1.30 bits per heavy atom. The first-order valence-corrected chi connectivity index (χ1v) is 4.71. The summed E-state index contributed by atoms with van der Waals surface area (Å²) < 4.78 is 9.00. The van der Waals surface area contributed by atoms with Crippen LogP contribution in [0.2, 0.25) is 0 Å². The molecular formula is C12H19AlCaO5Zn. The monoisotopic (exact) mass is 374 g/mol. The van der Waals surface area contributed by atoms with Gasteiger partial charge in [0, 0.05) is 30.6 Å². The fourth-order valence-corrected chi connectivity index (χ4v) is 0.542. The number of esters is 3. The van der Waals surface area contributed by atoms with Crippen molar-refractivity contribution in [2.45, 2.75) is 20.8 Å². The third kappa shape index (κ3) is 12.0. The molecule has 0 saturated carbocycles. The Balaban J connectivity index is -0.000000427. The van der Waals surface area contributed by atoms with Crippen LogP contribution in [0.5, 0.6) is 0 Å². The Kier molecular flexibility index (Phi) is 20.2. The summed E-state index contributed by atoms with van der Waals surface area (Å²) in [5, 5.41) is 0. The van der Waals surface area contributed by atoms with Crippen molar-refractivity contribution in [1.82, 2.24) is 0 Å². The van der Waals surface area contributed by atoms with Gasteiger partial charge in [0.2, 0.25) is 0 Å². The first-order valence-electron chi connectivity index (χ1n) is 4.71. The minimum absolute atomic E-state index is 0. The summed E-state index contributed by atoms with van der Waals surface area (Å²) in [7, 11) is 0. The summed E-state index contributed by atoms with van der Waals surface area (Å²) in [6.45, 7) is 10.9. The van der Waals surface area contributed by atoms with Crippen LogP contribution >= 0.6 is 0 Å². The van der Waals surface area contributed by atoms with Crippen molar-refractivity contribution < 1.29 is 43.3 Å². The Hall–Kier alpha value is 0.246. The van der Waals surface area contributed by atoms with E-state index < -0.39 is 17.9 Å². The Labute approximate surface area is 171 Å². The average Bonchev–Trinajstić information content (AvgIpc) is 2.24. The summed E-state index contributed by atoms with van der Waals surface area (Å²) in [4.78, 5) is 33.3. The Bertz CT molecular complexity index is 432. The molecule has 0 aromatic carbocycles. The standard InChI is InChI=1S/C12H14O5.Al.Ca.Zn.5H/c1-7(2)10(13)16-6-9(5)12(15)17-11(14)8(3)4;;;;;;;;/h6H,1,3H2,2,4-5H3;;;;;;;;. The van der Waals surface area contributed by atoms with Crippen molar-refractivity contribution in [3.8, 4) is 0 Å². The van der Waals surface area contributed by atoms with Crippen LogP contribution in [-0.2, 0) is 43.3 Å². The minimum Gasteiger partial charge on any atom is 0 e. The topological polar surface area (TPSA) is 69.7 Å². The van der Waals surface area contributed by atoms with Gasteiger partial charge in [0.15, 0.2) is 17.4 Å². The molecule has 0 spiro atoms. The van der Waals surface area contributed by atoms with Gasteiger partial charge in [-0.3, -0.25) is 0 Å². The Morgan fingerprint density at radius 1 is 0.900 bits per heavy atom. The van der Waals surface area contributed by atoms with E-state index in [4.69, 9.17) is 0 Å². The summed E-state index contributed by atoms with van der Waals surface area (Å²) >= 11 is 0. The summed E-state index contributed by atoms with van der Waals surface area (Å²) in [6.07, 6.45) is 0.908. The van der Waals surface area contributed by atoms with Crippen LogP contribution in [0.25, 0.3) is 0 Å². The normalized spacial score (nSPS) is 8.85. The zero-order chi connectivity index (χ0) is 13.6. The van der Waals surface area contributed by atoms with Crippen LogP contribution in [0, 0.1) is 0 Å². The molecule has 0 saturated heterocycles. The van der Waals surface area contributed by atoms with Crippen molar-refractivity contribution >= 4 is 73.0 Å². The molecular weight excluding hydrogens is 357 g/mol. The van der Waals surface area contributed by atoms with Gasteiger partial charge in [0.25, 0.3) is 0 Å². The molecule has 0 aromatic heterocycles. The summed E-state index contributed by atoms with van der Waals surface area (Å²) in [5.74, 6) is -2.38. The van der Waals surface area contributed by atoms with Gasteiger partial charge < -0.3 is 9.47 Å². The van der Waals surface area contributed by atoms with Crippen LogP contribution in [0.3, 0.4) is 0 Å². The van der Waals surface area contributed by atoms with E-state index in [1.54, 1.807) is 0 Å². The maximum Gasteiger partial charge on any atom is 0 e. The number of hydrogen-bond donors (Lipinski definition) is 0. The SMILES string of the molecule is C=C(C)C(=O)OC=C(C)C(=O)OC(=O)C(=C)C.[AlH3].[CaH2].[Zn]. The van der Waals surface area contributed by atoms with Crippen LogP contribution < -0.4 is 0 Å². The van der Waals surface area contributed by atoms with E-state index in [9.17, 15) is 14.4 Å². The third-order valence-electron chi connectivity index (χ3n) is 1.55. The van der Waals surface area contributed by atoms with Gasteiger partial charge in [-0.15, -0.1) is 0 Å². The van der Waals surface area contributed by atoms with Gasteiger partial charge >= 0.3 is 55.6 Å². The van der Waals surface area contributed by atoms with E-state index in [1.165, 1.54) is 20.8 Å². The van der Waals surface area contributed by atoms with Gasteiger partial charge in [0.05, 0.1) is 5.57 Å². The fraction of sp³-hybridized carbons (Fsp3) is 0.250. The molecule has 104 valence electrons. The van der Waals surface area contributed by atoms with E-state index >= 15 is 0 Å². The van der Waals surface area contributed by atoms with Crippen molar-refractivity contribution in [2.75, 3.05) is 0 Å². The van der Waals surface area contributed by atoms with Crippen molar-refractivity contribution in [3.63, 3.8) is 0 Å². The summed E-state index contributed by atoms with van der Waals surface area (Å²) in [6, 6.07) is 0. The van der Waals surface area contributed by atoms with E-state index in [0.29, 0.717) is 0 Å². The maximum absolute atomic E-state index is 11.3. The van der Waals surface area contributed by atoms with Crippen LogP contribution in [-0.4, -0.2) is 73.0 Å². The number of hydrogen-bond acceptors (Lipinski definition) is 5. The first-order chi connectivity index (χ1) is 7.75. The van der Waals surface area contributed by atoms with Crippen LogP contribution in [0.4, 0.5) is 0 Å². The second kappa shape index (κ2) is 14.2. The molecule has 8 heteroatoms. The maximum atomic E-state index is 11.3. The predicted molar refractivity (Wildman–Crippen MR) is 79.1 cm³/mol. The first kappa shape index (κ1) is 28.4. The number of carbonyl (C=O) groups excluding carboxylic acids is 3. The Morgan fingerprint density at radius 3 is 1.65 bits per heavy atom. The molecule has 0 rings (SSSR count). The second-order valence-electron chi connectivity index (χ2n) is 3.44. The zero-order valence-electron chi connectivity index (χ0n) is 10.7. The smallest absolute Gasteiger partial charge is 0 e. The van der Waals surface area contributed by atoms with Gasteiger partial charge in [-0.1, -0.05) is 13.2 Å². The minimum atomic E-state index is -0.896. The molecule has 0 atom stereocenters. The molecule has 0 N–H and O–H groups in total. The second-order valence-corrected chi connectivity index (χ2v) is 3.44. The largest absolute Gasteiger partial charge is 0 e. The van der Waals surface area contributed by atoms with Gasteiger partial charge in [-0.05, 0) is 20.8 Å². The van der Waals surface area contributed by atoms with E-state index in [-0.39, 0.29) is 91.3 Å². The molecule has 0 aliphatic rings. The van der Waals surface area contributed by atoms with E-state index in [2.05, 4.69) is 22.6 Å². The van der Waals surface area contributed by atoms with E-state index in [1.807, 2.05) is 0 Å². The molecule has 0 heterocycles. The quantitative estimate of drug-likeness (QED) is 0.219. The molecule has 0 radical (unpaired) electrons. The average molecular weight is 376 g/mol. The number of ether oxygens (including phenoxy) is 2. The molecule has 5 nitrogen and oxygen atoms in total. The van der Waals surface area contributed by atoms with Gasteiger partial charge in [-0.25, -0.2) is 14.4 Å². The van der Waals surface area contributed by atoms with Gasteiger partial charge in [0.1, 0.15) is 6.26 Å². The van der Waals surface area contributed by atoms with Crippen molar-refractivity contribution in [3.05, 3.63) is 36.1 Å². The summed E-state index contributed by atoms with van der Waals surface area (Å²) in [5.41, 5.74) is 0.278.